The summed E-state index contributed by atoms with van der Waals surface area (Å²) in [5.41, 5.74) is 0.651. The topological polar surface area (TPSA) is 47.4 Å². The van der Waals surface area contributed by atoms with Crippen LogP contribution in [0.5, 0.6) is 0 Å². The number of aromatic nitrogens is 2. The molecule has 1 saturated heterocycles. The Morgan fingerprint density at radius 1 is 1.56 bits per heavy atom. The monoisotopic (exact) mass is 271 g/mol. The number of hydrogen-bond acceptors (Lipinski definition) is 3. The van der Waals surface area contributed by atoms with Gasteiger partial charge in [0.1, 0.15) is 0 Å². The Hall–Kier alpha value is -1.07. The number of amides is 1. The minimum atomic E-state index is 0.0545. The molecule has 18 heavy (non-hydrogen) atoms. The van der Waals surface area contributed by atoms with E-state index >= 15 is 0 Å². The average molecular weight is 272 g/mol. The molecule has 1 aromatic heterocycles. The minimum Gasteiger partial charge on any atom is -0.377 e. The molecule has 5 nitrogen and oxygen atoms in total. The molecule has 0 atom stereocenters. The van der Waals surface area contributed by atoms with Gasteiger partial charge in [-0.05, 0) is 12.8 Å². The van der Waals surface area contributed by atoms with Gasteiger partial charge >= 0.3 is 0 Å². The number of carbonyl (C=O) groups excluding carboxylic acids is 1. The first kappa shape index (κ1) is 13.4. The highest BCUT2D eigenvalue weighted by Gasteiger charge is 2.24. The second-order valence-electron chi connectivity index (χ2n) is 4.45. The maximum Gasteiger partial charge on any atom is 0.257 e. The van der Waals surface area contributed by atoms with Crippen LogP contribution in [0.25, 0.3) is 0 Å². The van der Waals surface area contributed by atoms with Crippen molar-refractivity contribution < 1.29 is 9.53 Å². The zero-order valence-corrected chi connectivity index (χ0v) is 11.3. The summed E-state index contributed by atoms with van der Waals surface area (Å²) in [6.07, 6.45) is 5.35. The Bertz CT molecular complexity index is 400. The molecule has 6 heteroatoms. The highest BCUT2D eigenvalue weighted by Crippen LogP contribution is 2.16. The molecular formula is C12H18ClN3O2. The van der Waals surface area contributed by atoms with Crippen molar-refractivity contribution in [2.24, 2.45) is 7.05 Å². The molecule has 0 radical (unpaired) electrons. The van der Waals surface area contributed by atoms with Gasteiger partial charge in [-0.3, -0.25) is 9.48 Å². The van der Waals surface area contributed by atoms with Gasteiger partial charge in [-0.25, -0.2) is 0 Å². The molecule has 1 fully saturated rings. The molecule has 0 spiro atoms. The zero-order valence-electron chi connectivity index (χ0n) is 10.5. The van der Waals surface area contributed by atoms with Crippen LogP contribution in [0, 0.1) is 0 Å². The molecule has 1 aliphatic heterocycles. The fourth-order valence-corrected chi connectivity index (χ4v) is 2.24. The predicted molar refractivity (Wildman–Crippen MR) is 68.8 cm³/mol. The lowest BCUT2D eigenvalue weighted by Gasteiger charge is -2.31. The molecule has 2 rings (SSSR count). The Morgan fingerprint density at radius 3 is 2.83 bits per heavy atom. The molecule has 0 aromatic carbocycles. The number of halogens is 1. The maximum absolute atomic E-state index is 12.1. The summed E-state index contributed by atoms with van der Waals surface area (Å²) in [5.74, 6) is 0.577. The first-order valence-corrected chi connectivity index (χ1v) is 6.69. The van der Waals surface area contributed by atoms with Crippen molar-refractivity contribution in [3.8, 4) is 0 Å². The van der Waals surface area contributed by atoms with Crippen molar-refractivity contribution in [2.75, 3.05) is 25.6 Å². The lowest BCUT2D eigenvalue weighted by atomic mass is 10.1. The average Bonchev–Trinajstić information content (AvgIpc) is 2.83. The van der Waals surface area contributed by atoms with Crippen LogP contribution in [0.4, 0.5) is 0 Å². The number of carbonyl (C=O) groups is 1. The van der Waals surface area contributed by atoms with Crippen molar-refractivity contribution in [1.82, 2.24) is 14.7 Å². The third-order valence-corrected chi connectivity index (χ3v) is 3.27. The molecule has 0 N–H and O–H groups in total. The van der Waals surface area contributed by atoms with E-state index < -0.39 is 0 Å². The number of likely N-dealkylation sites (tertiary alicyclic amines) is 1. The van der Waals surface area contributed by atoms with Crippen LogP contribution >= 0.6 is 11.6 Å². The largest absolute Gasteiger partial charge is 0.377 e. The van der Waals surface area contributed by atoms with Crippen molar-refractivity contribution >= 4 is 17.5 Å². The van der Waals surface area contributed by atoms with E-state index in [0.717, 1.165) is 25.9 Å². The van der Waals surface area contributed by atoms with Gasteiger partial charge in [-0.2, -0.15) is 5.10 Å². The summed E-state index contributed by atoms with van der Waals surface area (Å²) in [6.45, 7) is 2.06. The van der Waals surface area contributed by atoms with Crippen LogP contribution in [0.1, 0.15) is 23.2 Å². The first-order valence-electron chi connectivity index (χ1n) is 6.16. The van der Waals surface area contributed by atoms with E-state index in [1.807, 2.05) is 11.9 Å². The van der Waals surface area contributed by atoms with Crippen LogP contribution in [-0.4, -0.2) is 52.3 Å². The molecule has 0 unspecified atom stereocenters. The molecule has 1 aromatic rings. The van der Waals surface area contributed by atoms with Gasteiger partial charge in [0, 0.05) is 32.2 Å². The van der Waals surface area contributed by atoms with Gasteiger partial charge < -0.3 is 9.64 Å². The van der Waals surface area contributed by atoms with Crippen molar-refractivity contribution in [1.29, 1.82) is 0 Å². The minimum absolute atomic E-state index is 0.0545. The highest BCUT2D eigenvalue weighted by molar-refractivity contribution is 6.17. The number of piperidine rings is 1. The van der Waals surface area contributed by atoms with Crippen LogP contribution in [-0.2, 0) is 11.8 Å². The van der Waals surface area contributed by atoms with Gasteiger partial charge in [0.05, 0.1) is 24.5 Å². The van der Waals surface area contributed by atoms with Crippen LogP contribution in [0.15, 0.2) is 12.4 Å². The summed E-state index contributed by atoms with van der Waals surface area (Å²) in [7, 11) is 1.81. The third kappa shape index (κ3) is 3.23. The summed E-state index contributed by atoms with van der Waals surface area (Å²) in [4.78, 5) is 14.0. The number of nitrogens with zero attached hydrogens (tertiary/aromatic N) is 3. The standard InChI is InChI=1S/C12H18ClN3O2/c1-15-9-10(8-14-15)12(17)16-5-2-11(3-6-16)18-7-4-13/h8-9,11H,2-7H2,1H3. The summed E-state index contributed by atoms with van der Waals surface area (Å²) < 4.78 is 7.23. The van der Waals surface area contributed by atoms with E-state index in [1.165, 1.54) is 0 Å². The molecule has 0 saturated carbocycles. The van der Waals surface area contributed by atoms with Crippen molar-refractivity contribution in [3.63, 3.8) is 0 Å². The molecule has 0 aliphatic carbocycles. The molecule has 2 heterocycles. The van der Waals surface area contributed by atoms with Gasteiger partial charge in [-0.1, -0.05) is 0 Å². The number of hydrogen-bond donors (Lipinski definition) is 0. The third-order valence-electron chi connectivity index (χ3n) is 3.11. The Balaban J connectivity index is 1.84. The van der Waals surface area contributed by atoms with E-state index in [1.54, 1.807) is 17.1 Å². The second-order valence-corrected chi connectivity index (χ2v) is 4.83. The molecular weight excluding hydrogens is 254 g/mol. The van der Waals surface area contributed by atoms with Gasteiger partial charge in [0.15, 0.2) is 0 Å². The van der Waals surface area contributed by atoms with Crippen LogP contribution < -0.4 is 0 Å². The number of alkyl halides is 1. The summed E-state index contributed by atoms with van der Waals surface area (Å²) in [6, 6.07) is 0. The SMILES string of the molecule is Cn1cc(C(=O)N2CCC(OCCCl)CC2)cn1. The van der Waals surface area contributed by atoms with Crippen molar-refractivity contribution in [3.05, 3.63) is 18.0 Å². The number of rotatable bonds is 4. The quantitative estimate of drug-likeness (QED) is 0.775. The Labute approximate surface area is 112 Å². The summed E-state index contributed by atoms with van der Waals surface area (Å²) >= 11 is 5.58. The molecule has 1 amide bonds. The van der Waals surface area contributed by atoms with Crippen molar-refractivity contribution in [2.45, 2.75) is 18.9 Å². The van der Waals surface area contributed by atoms with Gasteiger partial charge in [0.2, 0.25) is 0 Å². The summed E-state index contributed by atoms with van der Waals surface area (Å²) in [5, 5.41) is 4.02. The van der Waals surface area contributed by atoms with Gasteiger partial charge in [-0.15, -0.1) is 11.6 Å². The normalized spacial score (nSPS) is 17.1. The van der Waals surface area contributed by atoms with Crippen LogP contribution in [0.2, 0.25) is 0 Å². The van der Waals surface area contributed by atoms with Crippen LogP contribution in [0.3, 0.4) is 0 Å². The Morgan fingerprint density at radius 2 is 2.28 bits per heavy atom. The zero-order chi connectivity index (χ0) is 13.0. The fraction of sp³-hybridized carbons (Fsp3) is 0.667. The lowest BCUT2D eigenvalue weighted by Crippen LogP contribution is -2.40. The number of aryl methyl sites for hydroxylation is 1. The number of ether oxygens (including phenoxy) is 1. The predicted octanol–water partition coefficient (Wildman–Crippen LogP) is 1.28. The highest BCUT2D eigenvalue weighted by atomic mass is 35.5. The van der Waals surface area contributed by atoms with E-state index in [2.05, 4.69) is 5.10 Å². The van der Waals surface area contributed by atoms with E-state index in [0.29, 0.717) is 18.1 Å². The second kappa shape index (κ2) is 6.20. The maximum atomic E-state index is 12.1. The van der Waals surface area contributed by atoms with E-state index in [4.69, 9.17) is 16.3 Å². The smallest absolute Gasteiger partial charge is 0.257 e. The van der Waals surface area contributed by atoms with E-state index in [9.17, 15) is 4.79 Å². The first-order chi connectivity index (χ1) is 8.70. The molecule has 0 bridgehead atoms. The van der Waals surface area contributed by atoms with Gasteiger partial charge in [0.25, 0.3) is 5.91 Å². The Kier molecular flexibility index (Phi) is 4.60. The van der Waals surface area contributed by atoms with E-state index in [-0.39, 0.29) is 12.0 Å². The lowest BCUT2D eigenvalue weighted by molar-refractivity contribution is 0.0154. The molecule has 100 valence electrons. The molecule has 1 aliphatic rings. The fourth-order valence-electron chi connectivity index (χ4n) is 2.15.